The molecule has 0 N–H and O–H groups in total. The molecule has 0 bridgehead atoms. The van der Waals surface area contributed by atoms with Gasteiger partial charge in [-0.1, -0.05) is 23.4 Å². The Hall–Kier alpha value is -3.21. The van der Waals surface area contributed by atoms with Crippen molar-refractivity contribution in [1.82, 2.24) is 19.5 Å². The highest BCUT2D eigenvalue weighted by molar-refractivity contribution is 7.93. The van der Waals surface area contributed by atoms with Crippen molar-refractivity contribution in [1.29, 1.82) is 0 Å². The van der Waals surface area contributed by atoms with Crippen LogP contribution in [0.25, 0.3) is 17.0 Å². The highest BCUT2D eigenvalue weighted by Gasteiger charge is 2.38. The van der Waals surface area contributed by atoms with Crippen molar-refractivity contribution < 1.29 is 21.9 Å². The molecule has 1 atom stereocenters. The molecule has 150 valence electrons. The minimum absolute atomic E-state index is 0.127. The van der Waals surface area contributed by atoms with Gasteiger partial charge in [0.25, 0.3) is 0 Å². The number of pyridine rings is 1. The van der Waals surface area contributed by atoms with Crippen LogP contribution in [0, 0.1) is 0 Å². The number of hydrogen-bond acceptors (Lipinski definition) is 6. The van der Waals surface area contributed by atoms with Crippen molar-refractivity contribution in [2.75, 3.05) is 6.26 Å². The summed E-state index contributed by atoms with van der Waals surface area (Å²) < 4.78 is 60.8. The normalized spacial score (nSPS) is 14.1. The molecule has 4 aromatic rings. The zero-order valence-corrected chi connectivity index (χ0v) is 15.8. The average molecular weight is 421 g/mol. The van der Waals surface area contributed by atoms with Gasteiger partial charge < -0.3 is 8.92 Å². The van der Waals surface area contributed by atoms with Crippen LogP contribution in [-0.4, -0.2) is 30.0 Å². The smallest absolute Gasteiger partial charge is 0.329 e. The van der Waals surface area contributed by atoms with E-state index in [0.29, 0.717) is 21.8 Å². The van der Waals surface area contributed by atoms with Gasteiger partial charge in [-0.15, -0.1) is 0 Å². The number of hydrogen-bond donors (Lipinski definition) is 0. The second-order valence-electron chi connectivity index (χ2n) is 6.24. The van der Waals surface area contributed by atoms with Gasteiger partial charge >= 0.3 is 12.1 Å². The number of nitrogens with zero attached hydrogens (tertiary/aromatic N) is 5. The first kappa shape index (κ1) is 19.1. The lowest BCUT2D eigenvalue weighted by atomic mass is 10.3. The molecule has 1 aromatic carbocycles. The third-order valence-corrected chi connectivity index (χ3v) is 5.85. The quantitative estimate of drug-likeness (QED) is 0.496. The number of rotatable bonds is 4. The molecule has 0 fully saturated rings. The fourth-order valence-corrected chi connectivity index (χ4v) is 3.84. The summed E-state index contributed by atoms with van der Waals surface area (Å²) in [5, 5.41) is 3.37. The Morgan fingerprint density at radius 3 is 2.55 bits per heavy atom. The lowest BCUT2D eigenvalue weighted by Gasteiger charge is -2.03. The summed E-state index contributed by atoms with van der Waals surface area (Å²) in [7, 11) is -2.57. The van der Waals surface area contributed by atoms with Gasteiger partial charge in [0.05, 0.1) is 22.0 Å². The molecule has 0 saturated carbocycles. The molecular weight excluding hydrogens is 407 g/mol. The minimum Gasteiger partial charge on any atom is -0.329 e. The van der Waals surface area contributed by atoms with Crippen LogP contribution in [0.4, 0.5) is 13.2 Å². The first-order valence-corrected chi connectivity index (χ1v) is 10.3. The van der Waals surface area contributed by atoms with Gasteiger partial charge in [0, 0.05) is 29.1 Å². The molecule has 0 amide bonds. The lowest BCUT2D eigenvalue weighted by molar-refractivity contribution is -0.159. The zero-order valence-electron chi connectivity index (χ0n) is 15.0. The molecule has 7 nitrogen and oxygen atoms in total. The third kappa shape index (κ3) is 3.99. The average Bonchev–Trinajstić information content (AvgIpc) is 3.33. The van der Waals surface area contributed by atoms with Crippen LogP contribution in [0.5, 0.6) is 0 Å². The van der Waals surface area contributed by atoms with Crippen LogP contribution in [0.2, 0.25) is 0 Å². The maximum Gasteiger partial charge on any atom is 0.471 e. The molecule has 0 aliphatic heterocycles. The molecular formula is C18H14F3N5O2S. The Morgan fingerprint density at radius 2 is 1.86 bits per heavy atom. The third-order valence-electron chi connectivity index (χ3n) is 4.08. The molecule has 11 heteroatoms. The van der Waals surface area contributed by atoms with Crippen LogP contribution in [0.1, 0.15) is 11.6 Å². The van der Waals surface area contributed by atoms with Gasteiger partial charge in [-0.25, -0.2) is 13.6 Å². The largest absolute Gasteiger partial charge is 0.471 e. The number of halogens is 3. The van der Waals surface area contributed by atoms with Gasteiger partial charge in [0.2, 0.25) is 5.82 Å². The first-order chi connectivity index (χ1) is 13.7. The standard InChI is InChI=1S/C18H14F3N5O2S/c1-29(27,14-5-3-2-4-6-14)22-9-13-11-26-10-12(7-8-15(26)23-13)16-24-17(28-25-16)18(19,20)21/h2-8,10-11H,9H2,1H3. The van der Waals surface area contributed by atoms with E-state index in [0.717, 1.165) is 0 Å². The monoisotopic (exact) mass is 421 g/mol. The van der Waals surface area contributed by atoms with Gasteiger partial charge in [0.15, 0.2) is 0 Å². The van der Waals surface area contributed by atoms with Crippen molar-refractivity contribution >= 4 is 15.4 Å². The van der Waals surface area contributed by atoms with Crippen LogP contribution < -0.4 is 0 Å². The van der Waals surface area contributed by atoms with E-state index in [1.54, 1.807) is 53.3 Å². The molecule has 1 unspecified atom stereocenters. The maximum atomic E-state index is 12.8. The van der Waals surface area contributed by atoms with Gasteiger partial charge in [-0.05, 0) is 24.3 Å². The molecule has 0 radical (unpaired) electrons. The van der Waals surface area contributed by atoms with Crippen molar-refractivity contribution in [3.8, 4) is 11.4 Å². The number of alkyl halides is 3. The summed E-state index contributed by atoms with van der Waals surface area (Å²) in [5.74, 6) is -1.59. The van der Waals surface area contributed by atoms with E-state index in [1.165, 1.54) is 6.20 Å². The summed E-state index contributed by atoms with van der Waals surface area (Å²) in [5.41, 5.74) is 1.46. The Kier molecular flexibility index (Phi) is 4.61. The Labute approximate surface area is 163 Å². The Bertz CT molecular complexity index is 1290. The second kappa shape index (κ2) is 6.99. The molecule has 0 aliphatic rings. The van der Waals surface area contributed by atoms with Crippen molar-refractivity contribution in [2.24, 2.45) is 4.36 Å². The molecule has 4 rings (SSSR count). The molecule has 3 aromatic heterocycles. The highest BCUT2D eigenvalue weighted by Crippen LogP contribution is 2.29. The van der Waals surface area contributed by atoms with E-state index in [2.05, 4.69) is 24.0 Å². The summed E-state index contributed by atoms with van der Waals surface area (Å²) in [6.45, 7) is 0.127. The number of benzene rings is 1. The number of aromatic nitrogens is 4. The van der Waals surface area contributed by atoms with Crippen LogP contribution in [0.3, 0.4) is 0 Å². The predicted molar refractivity (Wildman–Crippen MR) is 98.4 cm³/mol. The number of fused-ring (bicyclic) bond motifs is 1. The summed E-state index contributed by atoms with van der Waals surface area (Å²) in [6.07, 6.45) is 0.0562. The van der Waals surface area contributed by atoms with Gasteiger partial charge in [0.1, 0.15) is 5.65 Å². The SMILES string of the molecule is CS(=O)(=NCc1cn2cc(-c3noc(C(F)(F)F)n3)ccc2n1)c1ccccc1. The van der Waals surface area contributed by atoms with E-state index in [1.807, 2.05) is 6.07 Å². The topological polar surface area (TPSA) is 85.7 Å². The van der Waals surface area contributed by atoms with Crippen LogP contribution in [0.15, 0.2) is 68.6 Å². The Balaban J connectivity index is 1.61. The van der Waals surface area contributed by atoms with Crippen LogP contribution >= 0.6 is 0 Å². The molecule has 0 spiro atoms. The maximum absolute atomic E-state index is 12.8. The molecule has 29 heavy (non-hydrogen) atoms. The first-order valence-electron chi connectivity index (χ1n) is 8.34. The number of imidazole rings is 1. The molecule has 0 aliphatic carbocycles. The summed E-state index contributed by atoms with van der Waals surface area (Å²) >= 11 is 0. The molecule has 0 saturated heterocycles. The molecule has 3 heterocycles. The van der Waals surface area contributed by atoms with E-state index >= 15 is 0 Å². The summed E-state index contributed by atoms with van der Waals surface area (Å²) in [6, 6.07) is 12.1. The van der Waals surface area contributed by atoms with Crippen molar-refractivity contribution in [3.05, 3.63) is 66.4 Å². The summed E-state index contributed by atoms with van der Waals surface area (Å²) in [4.78, 5) is 8.39. The Morgan fingerprint density at radius 1 is 1.10 bits per heavy atom. The van der Waals surface area contributed by atoms with Gasteiger partial charge in [-0.2, -0.15) is 18.2 Å². The van der Waals surface area contributed by atoms with E-state index < -0.39 is 21.8 Å². The van der Waals surface area contributed by atoms with E-state index in [4.69, 9.17) is 0 Å². The van der Waals surface area contributed by atoms with Crippen molar-refractivity contribution in [2.45, 2.75) is 17.6 Å². The van der Waals surface area contributed by atoms with Crippen molar-refractivity contribution in [3.63, 3.8) is 0 Å². The zero-order chi connectivity index (χ0) is 20.6. The van der Waals surface area contributed by atoms with Crippen LogP contribution in [-0.2, 0) is 22.5 Å². The van der Waals surface area contributed by atoms with E-state index in [9.17, 15) is 17.4 Å². The predicted octanol–water partition coefficient (Wildman–Crippen LogP) is 4.06. The van der Waals surface area contributed by atoms with E-state index in [-0.39, 0.29) is 12.4 Å². The highest BCUT2D eigenvalue weighted by atomic mass is 32.2. The lowest BCUT2D eigenvalue weighted by Crippen LogP contribution is -2.04. The van der Waals surface area contributed by atoms with Gasteiger partial charge in [-0.3, -0.25) is 0 Å². The second-order valence-corrected chi connectivity index (χ2v) is 8.57. The fourth-order valence-electron chi connectivity index (χ4n) is 2.65. The fraction of sp³-hybridized carbons (Fsp3) is 0.167. The minimum atomic E-state index is -4.70.